The van der Waals surface area contributed by atoms with E-state index in [1.165, 1.54) is 0 Å². The van der Waals surface area contributed by atoms with Crippen LogP contribution >= 0.6 is 11.8 Å². The van der Waals surface area contributed by atoms with Crippen LogP contribution in [0.2, 0.25) is 0 Å². The van der Waals surface area contributed by atoms with Crippen LogP contribution in [0.1, 0.15) is 34.4 Å². The minimum absolute atomic E-state index is 0.0725. The summed E-state index contributed by atoms with van der Waals surface area (Å²) in [7, 11) is 1.65. The molecule has 1 saturated heterocycles. The van der Waals surface area contributed by atoms with E-state index >= 15 is 0 Å². The van der Waals surface area contributed by atoms with Crippen molar-refractivity contribution in [3.05, 3.63) is 52.6 Å². The first-order valence-electron chi connectivity index (χ1n) is 11.4. The number of benzene rings is 1. The maximum absolute atomic E-state index is 13.0. The normalized spacial score (nSPS) is 16.0. The van der Waals surface area contributed by atoms with Crippen molar-refractivity contribution in [2.24, 2.45) is 5.73 Å². The summed E-state index contributed by atoms with van der Waals surface area (Å²) >= 11 is 1.05. The lowest BCUT2D eigenvalue weighted by molar-refractivity contribution is -0.138. The Balaban J connectivity index is 1.99. The number of primary amides is 1. The summed E-state index contributed by atoms with van der Waals surface area (Å²) in [6.45, 7) is 2.57. The van der Waals surface area contributed by atoms with Gasteiger partial charge < -0.3 is 25.4 Å². The SMILES string of the molecule is CCc1c(C#N)c(SC(C(N)=O)c2ccccc2)nc(N(C)CC(=O)N2CCOC(CO)C2)c1C#N. The third-order valence-corrected chi connectivity index (χ3v) is 7.10. The molecule has 2 atom stereocenters. The van der Waals surface area contributed by atoms with Gasteiger partial charge >= 0.3 is 0 Å². The number of aromatic nitrogens is 1. The first kappa shape index (κ1) is 27.0. The average Bonchev–Trinajstić information content (AvgIpc) is 2.90. The minimum atomic E-state index is -0.799. The molecule has 2 heterocycles. The highest BCUT2D eigenvalue weighted by Gasteiger charge is 2.29. The number of nitrogens with two attached hydrogens (primary N) is 1. The zero-order chi connectivity index (χ0) is 26.2. The highest BCUT2D eigenvalue weighted by atomic mass is 32.2. The van der Waals surface area contributed by atoms with Crippen LogP contribution in [0.25, 0.3) is 0 Å². The van der Waals surface area contributed by atoms with Gasteiger partial charge in [0.25, 0.3) is 0 Å². The summed E-state index contributed by atoms with van der Waals surface area (Å²) in [6.07, 6.45) is -0.0562. The maximum Gasteiger partial charge on any atom is 0.242 e. The van der Waals surface area contributed by atoms with Gasteiger partial charge in [0, 0.05) is 20.1 Å². The number of nitriles is 2. The number of hydrogen-bond acceptors (Lipinski definition) is 9. The van der Waals surface area contributed by atoms with Crippen molar-refractivity contribution in [1.29, 1.82) is 10.5 Å². The number of pyridine rings is 1. The molecule has 0 saturated carbocycles. The number of nitrogens with zero attached hydrogens (tertiary/aromatic N) is 5. The molecule has 3 rings (SSSR count). The summed E-state index contributed by atoms with van der Waals surface area (Å²) in [5, 5.41) is 28.7. The predicted molar refractivity (Wildman–Crippen MR) is 134 cm³/mol. The zero-order valence-electron chi connectivity index (χ0n) is 20.2. The van der Waals surface area contributed by atoms with E-state index < -0.39 is 17.3 Å². The van der Waals surface area contributed by atoms with Crippen LogP contribution in [0.5, 0.6) is 0 Å². The standard InChI is InChI=1S/C25H28N6O4S/c1-3-18-19(11-26)24(30(2)14-21(33)31-9-10-35-17(13-31)15-32)29-25(20(18)12-27)36-22(23(28)34)16-7-5-4-6-8-16/h4-8,17,22,32H,3,9-10,13-15H2,1-2H3,(H2,28,34). The fourth-order valence-electron chi connectivity index (χ4n) is 4.01. The molecule has 1 aromatic carbocycles. The molecule has 0 spiro atoms. The van der Waals surface area contributed by atoms with E-state index in [1.807, 2.05) is 13.0 Å². The van der Waals surface area contributed by atoms with Gasteiger partial charge in [0.15, 0.2) is 0 Å². The number of morpholine rings is 1. The zero-order valence-corrected chi connectivity index (χ0v) is 21.0. The van der Waals surface area contributed by atoms with Crippen molar-refractivity contribution < 1.29 is 19.4 Å². The molecular weight excluding hydrogens is 480 g/mol. The monoisotopic (exact) mass is 508 g/mol. The van der Waals surface area contributed by atoms with E-state index in [-0.39, 0.29) is 47.6 Å². The fourth-order valence-corrected chi connectivity index (χ4v) is 5.07. The lowest BCUT2D eigenvalue weighted by Gasteiger charge is -2.33. The van der Waals surface area contributed by atoms with Crippen LogP contribution in [0.15, 0.2) is 35.4 Å². The Kier molecular flexibility index (Phi) is 9.25. The van der Waals surface area contributed by atoms with Gasteiger partial charge in [-0.1, -0.05) is 49.0 Å². The number of anilines is 1. The number of hydrogen-bond donors (Lipinski definition) is 2. The summed E-state index contributed by atoms with van der Waals surface area (Å²) in [6, 6.07) is 13.2. The molecule has 1 fully saturated rings. The van der Waals surface area contributed by atoms with Crippen LogP contribution < -0.4 is 10.6 Å². The fraction of sp³-hybridized carbons (Fsp3) is 0.400. The molecule has 0 bridgehead atoms. The third-order valence-electron chi connectivity index (χ3n) is 5.84. The smallest absolute Gasteiger partial charge is 0.242 e. The van der Waals surface area contributed by atoms with E-state index in [2.05, 4.69) is 17.1 Å². The first-order chi connectivity index (χ1) is 17.3. The van der Waals surface area contributed by atoms with Gasteiger partial charge in [-0.15, -0.1) is 0 Å². The molecule has 36 heavy (non-hydrogen) atoms. The molecule has 3 N–H and O–H groups in total. The number of carbonyl (C=O) groups excluding carboxylic acids is 2. The molecule has 2 aromatic rings. The van der Waals surface area contributed by atoms with E-state index in [1.54, 1.807) is 41.1 Å². The Morgan fingerprint density at radius 1 is 1.31 bits per heavy atom. The summed E-state index contributed by atoms with van der Waals surface area (Å²) in [4.78, 5) is 33.1. The lowest BCUT2D eigenvalue weighted by Crippen LogP contribution is -2.49. The quantitative estimate of drug-likeness (QED) is 0.477. The molecule has 2 amide bonds. The van der Waals surface area contributed by atoms with Crippen molar-refractivity contribution in [1.82, 2.24) is 9.88 Å². The number of rotatable bonds is 9. The van der Waals surface area contributed by atoms with Crippen LogP contribution in [-0.4, -0.2) is 72.8 Å². The molecule has 1 aliphatic heterocycles. The van der Waals surface area contributed by atoms with Gasteiger partial charge in [-0.2, -0.15) is 10.5 Å². The van der Waals surface area contributed by atoms with Gasteiger partial charge in [0.05, 0.1) is 37.0 Å². The van der Waals surface area contributed by atoms with E-state index in [0.717, 1.165) is 11.8 Å². The first-order valence-corrected chi connectivity index (χ1v) is 12.3. The second kappa shape index (κ2) is 12.4. The largest absolute Gasteiger partial charge is 0.394 e. The summed E-state index contributed by atoms with van der Waals surface area (Å²) in [5.41, 5.74) is 7.27. The molecule has 1 aromatic heterocycles. The second-order valence-corrected chi connectivity index (χ2v) is 9.32. The Morgan fingerprint density at radius 3 is 2.58 bits per heavy atom. The molecule has 10 nitrogen and oxygen atoms in total. The number of aliphatic hydroxyl groups is 1. The van der Waals surface area contributed by atoms with Crippen LogP contribution in [-0.2, 0) is 20.7 Å². The highest BCUT2D eigenvalue weighted by molar-refractivity contribution is 8.00. The lowest BCUT2D eigenvalue weighted by atomic mass is 10.0. The molecular formula is C25H28N6O4S. The number of aliphatic hydroxyl groups excluding tert-OH is 1. The van der Waals surface area contributed by atoms with E-state index in [0.29, 0.717) is 30.7 Å². The molecule has 1 aliphatic rings. The van der Waals surface area contributed by atoms with E-state index in [4.69, 9.17) is 10.5 Å². The van der Waals surface area contributed by atoms with Crippen LogP contribution in [0.4, 0.5) is 5.82 Å². The maximum atomic E-state index is 13.0. The second-order valence-electron chi connectivity index (χ2n) is 8.23. The predicted octanol–water partition coefficient (Wildman–Crippen LogP) is 1.36. The third kappa shape index (κ3) is 5.94. The Hall–Kier alpha value is -3.64. The average molecular weight is 509 g/mol. The van der Waals surface area contributed by atoms with Gasteiger partial charge in [-0.25, -0.2) is 4.98 Å². The number of ether oxygens (including phenoxy) is 1. The minimum Gasteiger partial charge on any atom is -0.394 e. The van der Waals surface area contributed by atoms with Crippen LogP contribution in [0.3, 0.4) is 0 Å². The number of thioether (sulfide) groups is 1. The van der Waals surface area contributed by atoms with Gasteiger partial charge in [0.1, 0.15) is 28.2 Å². The van der Waals surface area contributed by atoms with Gasteiger partial charge in [-0.3, -0.25) is 9.59 Å². The molecule has 11 heteroatoms. The Labute approximate surface area is 214 Å². The number of likely N-dealkylation sites (N-methyl/N-ethyl adjacent to an activating group) is 1. The number of amides is 2. The van der Waals surface area contributed by atoms with Crippen molar-refractivity contribution in [3.8, 4) is 12.1 Å². The van der Waals surface area contributed by atoms with Crippen molar-refractivity contribution in [2.45, 2.75) is 29.7 Å². The summed E-state index contributed by atoms with van der Waals surface area (Å²) in [5.74, 6) is -0.552. The molecule has 0 aliphatic carbocycles. The highest BCUT2D eigenvalue weighted by Crippen LogP contribution is 2.39. The molecule has 0 radical (unpaired) electrons. The van der Waals surface area contributed by atoms with Crippen molar-refractivity contribution >= 4 is 29.4 Å². The van der Waals surface area contributed by atoms with Gasteiger partial charge in [0.2, 0.25) is 11.8 Å². The topological polar surface area (TPSA) is 157 Å². The van der Waals surface area contributed by atoms with Crippen molar-refractivity contribution in [3.63, 3.8) is 0 Å². The summed E-state index contributed by atoms with van der Waals surface area (Å²) < 4.78 is 5.41. The van der Waals surface area contributed by atoms with Crippen LogP contribution in [0, 0.1) is 22.7 Å². The number of carbonyl (C=O) groups is 2. The van der Waals surface area contributed by atoms with E-state index in [9.17, 15) is 25.2 Å². The Bertz CT molecular complexity index is 1190. The molecule has 188 valence electrons. The van der Waals surface area contributed by atoms with Crippen molar-refractivity contribution in [2.75, 3.05) is 44.8 Å². The van der Waals surface area contributed by atoms with Gasteiger partial charge in [-0.05, 0) is 17.5 Å². The molecule has 2 unspecified atom stereocenters. The Morgan fingerprint density at radius 2 is 2.00 bits per heavy atom.